The lowest BCUT2D eigenvalue weighted by molar-refractivity contribution is 0.174. The quantitative estimate of drug-likeness (QED) is 0.520. The van der Waals surface area contributed by atoms with Gasteiger partial charge in [0, 0.05) is 36.9 Å². The molecule has 0 unspecified atom stereocenters. The highest BCUT2D eigenvalue weighted by molar-refractivity contribution is 7.89. The topological polar surface area (TPSA) is 91.3 Å². The van der Waals surface area contributed by atoms with Gasteiger partial charge in [0.1, 0.15) is 0 Å². The molecule has 0 radical (unpaired) electrons. The average Bonchev–Trinajstić information content (AvgIpc) is 2.67. The van der Waals surface area contributed by atoms with Crippen molar-refractivity contribution in [2.24, 2.45) is 0 Å². The molecule has 0 aliphatic heterocycles. The molecule has 1 heterocycles. The Hall–Kier alpha value is -2.03. The molecule has 28 heavy (non-hydrogen) atoms. The molecule has 3 N–H and O–H groups in total. The van der Waals surface area contributed by atoms with Crippen molar-refractivity contribution in [1.29, 1.82) is 0 Å². The molecule has 150 valence electrons. The Morgan fingerprint density at radius 2 is 1.79 bits per heavy atom. The van der Waals surface area contributed by atoms with Gasteiger partial charge in [-0.1, -0.05) is 36.4 Å². The first-order valence-electron chi connectivity index (χ1n) is 8.75. The molecule has 2 aromatic carbocycles. The van der Waals surface area contributed by atoms with Gasteiger partial charge in [0.05, 0.1) is 11.0 Å². The minimum Gasteiger partial charge on any atom is -0.387 e. The molecule has 0 bridgehead atoms. The predicted molar refractivity (Wildman–Crippen MR) is 113 cm³/mol. The number of sulfonamides is 1. The number of pyridine rings is 1. The van der Waals surface area contributed by atoms with E-state index < -0.39 is 16.1 Å². The van der Waals surface area contributed by atoms with Crippen LogP contribution in [-0.4, -0.2) is 37.6 Å². The van der Waals surface area contributed by atoms with Crippen LogP contribution in [0.2, 0.25) is 0 Å². The summed E-state index contributed by atoms with van der Waals surface area (Å²) in [7, 11) is -3.63. The number of aromatic nitrogens is 1. The molecular weight excluding hydrogens is 398 g/mol. The van der Waals surface area contributed by atoms with Crippen LogP contribution in [0.1, 0.15) is 18.6 Å². The van der Waals surface area contributed by atoms with Gasteiger partial charge in [-0.15, -0.1) is 12.4 Å². The zero-order chi connectivity index (χ0) is 19.3. The van der Waals surface area contributed by atoms with E-state index in [0.717, 1.165) is 16.3 Å². The van der Waals surface area contributed by atoms with Crippen LogP contribution in [-0.2, 0) is 10.0 Å². The van der Waals surface area contributed by atoms with Crippen LogP contribution in [0, 0.1) is 0 Å². The molecule has 3 aromatic rings. The van der Waals surface area contributed by atoms with E-state index >= 15 is 0 Å². The zero-order valence-corrected chi connectivity index (χ0v) is 17.1. The molecule has 0 spiro atoms. The number of fused-ring (bicyclic) bond motifs is 1. The number of aliphatic hydroxyl groups excluding tert-OH is 1. The standard InChI is InChI=1S/C20H23N3O3S.ClH/c1-15(12-22-14-20(24)16-5-3-2-4-6-16)23-27(25,26)19-8-7-18-13-21-10-9-17(18)11-19;/h2-11,13,15,20,22-24H,12,14H2,1H3;1H/t15-,20-;/m1./s1. The average molecular weight is 422 g/mol. The highest BCUT2D eigenvalue weighted by atomic mass is 35.5. The van der Waals surface area contributed by atoms with Crippen LogP contribution < -0.4 is 10.0 Å². The number of nitrogens with one attached hydrogen (secondary N) is 2. The number of benzene rings is 2. The van der Waals surface area contributed by atoms with Crippen molar-refractivity contribution < 1.29 is 13.5 Å². The Morgan fingerprint density at radius 1 is 1.04 bits per heavy atom. The van der Waals surface area contributed by atoms with Gasteiger partial charge in [-0.05, 0) is 36.1 Å². The molecule has 0 fully saturated rings. The molecule has 0 saturated carbocycles. The van der Waals surface area contributed by atoms with Crippen LogP contribution in [0.25, 0.3) is 10.8 Å². The van der Waals surface area contributed by atoms with Crippen LogP contribution >= 0.6 is 12.4 Å². The molecule has 3 rings (SSSR count). The van der Waals surface area contributed by atoms with Crippen molar-refractivity contribution in [2.75, 3.05) is 13.1 Å². The summed E-state index contributed by atoms with van der Waals surface area (Å²) >= 11 is 0. The van der Waals surface area contributed by atoms with Gasteiger partial charge in [0.15, 0.2) is 0 Å². The summed E-state index contributed by atoms with van der Waals surface area (Å²) in [6.07, 6.45) is 2.70. The first-order chi connectivity index (χ1) is 13.0. The van der Waals surface area contributed by atoms with E-state index in [0.29, 0.717) is 13.1 Å². The predicted octanol–water partition coefficient (Wildman–Crippen LogP) is 2.65. The third-order valence-electron chi connectivity index (χ3n) is 4.25. The van der Waals surface area contributed by atoms with Crippen molar-refractivity contribution in [2.45, 2.75) is 24.0 Å². The van der Waals surface area contributed by atoms with E-state index in [1.165, 1.54) is 0 Å². The normalized spacial score (nSPS) is 13.6. The number of hydrogen-bond donors (Lipinski definition) is 3. The van der Waals surface area contributed by atoms with Crippen molar-refractivity contribution in [3.63, 3.8) is 0 Å². The summed E-state index contributed by atoms with van der Waals surface area (Å²) in [5, 5.41) is 15.0. The third kappa shape index (κ3) is 5.73. The number of halogens is 1. The van der Waals surface area contributed by atoms with Gasteiger partial charge in [0.2, 0.25) is 10.0 Å². The molecule has 1 aromatic heterocycles. The van der Waals surface area contributed by atoms with E-state index in [2.05, 4.69) is 15.0 Å². The van der Waals surface area contributed by atoms with Crippen molar-refractivity contribution in [3.8, 4) is 0 Å². The Bertz CT molecular complexity index is 1000. The maximum atomic E-state index is 12.6. The Labute approximate surface area is 171 Å². The van der Waals surface area contributed by atoms with E-state index in [9.17, 15) is 13.5 Å². The van der Waals surface area contributed by atoms with Crippen LogP contribution in [0.4, 0.5) is 0 Å². The second-order valence-corrected chi connectivity index (χ2v) is 8.21. The SMILES string of the molecule is C[C@H](CNC[C@@H](O)c1ccccc1)NS(=O)(=O)c1ccc2cnccc2c1.Cl. The molecule has 0 aliphatic carbocycles. The fourth-order valence-corrected chi connectivity index (χ4v) is 4.11. The summed E-state index contributed by atoms with van der Waals surface area (Å²) in [4.78, 5) is 4.25. The number of nitrogens with zero attached hydrogens (tertiary/aromatic N) is 1. The van der Waals surface area contributed by atoms with Gasteiger partial charge < -0.3 is 10.4 Å². The highest BCUT2D eigenvalue weighted by Gasteiger charge is 2.18. The van der Waals surface area contributed by atoms with Gasteiger partial charge in [-0.3, -0.25) is 4.98 Å². The Balaban J connectivity index is 0.00000280. The van der Waals surface area contributed by atoms with E-state index in [4.69, 9.17) is 0 Å². The maximum absolute atomic E-state index is 12.6. The smallest absolute Gasteiger partial charge is 0.240 e. The molecule has 8 heteroatoms. The lowest BCUT2D eigenvalue weighted by Gasteiger charge is -2.17. The Kier molecular flexibility index (Phi) is 7.91. The fraction of sp³-hybridized carbons (Fsp3) is 0.250. The molecular formula is C20H24ClN3O3S. The van der Waals surface area contributed by atoms with Gasteiger partial charge in [-0.25, -0.2) is 13.1 Å². The first-order valence-corrected chi connectivity index (χ1v) is 10.2. The van der Waals surface area contributed by atoms with E-state index in [1.807, 2.05) is 30.3 Å². The molecule has 0 saturated heterocycles. The monoisotopic (exact) mass is 421 g/mol. The maximum Gasteiger partial charge on any atom is 0.240 e. The van der Waals surface area contributed by atoms with Crippen LogP contribution in [0.3, 0.4) is 0 Å². The molecule has 2 atom stereocenters. The van der Waals surface area contributed by atoms with Crippen LogP contribution in [0.15, 0.2) is 71.9 Å². The van der Waals surface area contributed by atoms with E-state index in [-0.39, 0.29) is 23.3 Å². The zero-order valence-electron chi connectivity index (χ0n) is 15.4. The first kappa shape index (κ1) is 22.3. The molecule has 6 nitrogen and oxygen atoms in total. The van der Waals surface area contributed by atoms with Crippen LogP contribution in [0.5, 0.6) is 0 Å². The summed E-state index contributed by atoms with van der Waals surface area (Å²) in [5.74, 6) is 0. The lowest BCUT2D eigenvalue weighted by atomic mass is 10.1. The van der Waals surface area contributed by atoms with Gasteiger partial charge in [-0.2, -0.15) is 0 Å². The van der Waals surface area contributed by atoms with Crippen molar-refractivity contribution in [3.05, 3.63) is 72.6 Å². The fourth-order valence-electron chi connectivity index (χ4n) is 2.83. The second kappa shape index (κ2) is 9.95. The second-order valence-electron chi connectivity index (χ2n) is 6.49. The summed E-state index contributed by atoms with van der Waals surface area (Å²) in [6.45, 7) is 2.53. The van der Waals surface area contributed by atoms with Crippen molar-refractivity contribution >= 4 is 33.2 Å². The summed E-state index contributed by atoms with van der Waals surface area (Å²) in [6, 6.07) is 15.8. The lowest BCUT2D eigenvalue weighted by Crippen LogP contribution is -2.40. The summed E-state index contributed by atoms with van der Waals surface area (Å²) in [5.41, 5.74) is 0.823. The number of aliphatic hydroxyl groups is 1. The number of hydrogen-bond acceptors (Lipinski definition) is 5. The Morgan fingerprint density at radius 3 is 2.54 bits per heavy atom. The highest BCUT2D eigenvalue weighted by Crippen LogP contribution is 2.18. The van der Waals surface area contributed by atoms with Crippen molar-refractivity contribution in [1.82, 2.24) is 15.0 Å². The summed E-state index contributed by atoms with van der Waals surface area (Å²) < 4.78 is 27.9. The minimum atomic E-state index is -3.63. The largest absolute Gasteiger partial charge is 0.387 e. The molecule has 0 aliphatic rings. The molecule has 0 amide bonds. The number of rotatable bonds is 8. The van der Waals surface area contributed by atoms with Gasteiger partial charge >= 0.3 is 0 Å². The van der Waals surface area contributed by atoms with E-state index in [1.54, 1.807) is 43.6 Å². The third-order valence-corrected chi connectivity index (χ3v) is 5.84. The van der Waals surface area contributed by atoms with Gasteiger partial charge in [0.25, 0.3) is 0 Å². The minimum absolute atomic E-state index is 0.